The molecule has 1 aromatic rings. The molecule has 6 nitrogen and oxygen atoms in total. The molecule has 0 fully saturated rings. The van der Waals surface area contributed by atoms with Crippen LogP contribution in [0.2, 0.25) is 0 Å². The molecule has 1 aromatic heterocycles. The molecule has 0 saturated carbocycles. The Morgan fingerprint density at radius 3 is 1.81 bits per heavy atom. The molecule has 0 radical (unpaired) electrons. The molecule has 0 atom stereocenters. The molecule has 27 heavy (non-hydrogen) atoms. The van der Waals surface area contributed by atoms with Crippen LogP contribution in [0.25, 0.3) is 0 Å². The highest BCUT2D eigenvalue weighted by Crippen LogP contribution is 2.15. The normalized spacial score (nSPS) is 10.9. The summed E-state index contributed by atoms with van der Waals surface area (Å²) in [6, 6.07) is 0. The number of rotatable bonds is 17. The van der Waals surface area contributed by atoms with E-state index >= 15 is 0 Å². The zero-order valence-corrected chi connectivity index (χ0v) is 18.0. The van der Waals surface area contributed by atoms with Gasteiger partial charge >= 0.3 is 0 Å². The van der Waals surface area contributed by atoms with E-state index in [1.807, 2.05) is 0 Å². The van der Waals surface area contributed by atoms with Crippen LogP contribution >= 0.6 is 0 Å². The van der Waals surface area contributed by atoms with Gasteiger partial charge in [-0.2, -0.15) is 15.0 Å². The average molecular weight is 379 g/mol. The third-order valence-corrected chi connectivity index (χ3v) is 4.80. The summed E-state index contributed by atoms with van der Waals surface area (Å²) in [6.07, 6.45) is 14.8. The number of aromatic nitrogens is 3. The summed E-state index contributed by atoms with van der Waals surface area (Å²) in [4.78, 5) is 15.7. The zero-order chi connectivity index (χ0) is 19.7. The molecule has 0 spiro atoms. The van der Waals surface area contributed by atoms with Gasteiger partial charge < -0.3 is 16.0 Å². The number of nitrogens with two attached hydrogens (primary N) is 1. The van der Waals surface area contributed by atoms with Gasteiger partial charge in [-0.15, -0.1) is 0 Å². The van der Waals surface area contributed by atoms with Crippen molar-refractivity contribution in [2.75, 3.05) is 35.6 Å². The summed E-state index contributed by atoms with van der Waals surface area (Å²) in [5.74, 6) is 1.65. The first-order chi connectivity index (χ1) is 13.2. The van der Waals surface area contributed by atoms with Gasteiger partial charge in [0.1, 0.15) is 0 Å². The number of nitrogens with one attached hydrogen (secondary N) is 1. The van der Waals surface area contributed by atoms with Crippen molar-refractivity contribution in [3.05, 3.63) is 0 Å². The second-order valence-corrected chi connectivity index (χ2v) is 7.41. The number of anilines is 3. The van der Waals surface area contributed by atoms with Crippen molar-refractivity contribution < 1.29 is 0 Å². The van der Waals surface area contributed by atoms with E-state index in [0.717, 1.165) is 32.0 Å². The lowest BCUT2D eigenvalue weighted by atomic mass is 10.2. The lowest BCUT2D eigenvalue weighted by molar-refractivity contribution is 0.601. The molecule has 0 aliphatic carbocycles. The maximum absolute atomic E-state index is 5.97. The maximum Gasteiger partial charge on any atom is 0.231 e. The maximum atomic E-state index is 5.97. The second-order valence-electron chi connectivity index (χ2n) is 7.41. The summed E-state index contributed by atoms with van der Waals surface area (Å²) in [5, 5.41) is 3.32. The summed E-state index contributed by atoms with van der Waals surface area (Å²) in [6.45, 7) is 9.58. The number of hydrogen-bond donors (Lipinski definition) is 2. The first kappa shape index (κ1) is 23.4. The molecule has 1 heterocycles. The van der Waals surface area contributed by atoms with Crippen LogP contribution in [0, 0.1) is 0 Å². The molecule has 6 heteroatoms. The highest BCUT2D eigenvalue weighted by Gasteiger charge is 2.12. The van der Waals surface area contributed by atoms with Crippen LogP contribution in [0.1, 0.15) is 97.8 Å². The number of nitrogens with zero attached hydrogens (tertiary/aromatic N) is 4. The molecule has 0 unspecified atom stereocenters. The standard InChI is InChI=1S/C21H42N6/c1-4-7-10-13-16-23-20-24-19(22)25-21(26-20)27(17-14-11-8-5-2)18-15-12-9-6-3/h4-18H2,1-3H3,(H3,22,23,24,25,26). The first-order valence-corrected chi connectivity index (χ1v) is 11.2. The molecule has 0 bridgehead atoms. The van der Waals surface area contributed by atoms with E-state index in [4.69, 9.17) is 5.73 Å². The fourth-order valence-electron chi connectivity index (χ4n) is 3.12. The van der Waals surface area contributed by atoms with Crippen LogP contribution in [-0.2, 0) is 0 Å². The van der Waals surface area contributed by atoms with Crippen molar-refractivity contribution in [3.8, 4) is 0 Å². The van der Waals surface area contributed by atoms with Gasteiger partial charge in [-0.1, -0.05) is 78.6 Å². The van der Waals surface area contributed by atoms with E-state index in [2.05, 4.69) is 45.9 Å². The van der Waals surface area contributed by atoms with Gasteiger partial charge in [0.05, 0.1) is 0 Å². The molecular weight excluding hydrogens is 336 g/mol. The predicted molar refractivity (Wildman–Crippen MR) is 117 cm³/mol. The lowest BCUT2D eigenvalue weighted by Crippen LogP contribution is -2.28. The van der Waals surface area contributed by atoms with Crippen molar-refractivity contribution in [2.24, 2.45) is 0 Å². The Balaban J connectivity index is 2.66. The highest BCUT2D eigenvalue weighted by molar-refractivity contribution is 5.41. The minimum Gasteiger partial charge on any atom is -0.368 e. The van der Waals surface area contributed by atoms with Crippen molar-refractivity contribution in [1.82, 2.24) is 15.0 Å². The average Bonchev–Trinajstić information content (AvgIpc) is 2.66. The minimum absolute atomic E-state index is 0.308. The largest absolute Gasteiger partial charge is 0.368 e. The van der Waals surface area contributed by atoms with Crippen molar-refractivity contribution >= 4 is 17.8 Å². The molecule has 0 saturated heterocycles. The Bertz CT molecular complexity index is 468. The summed E-state index contributed by atoms with van der Waals surface area (Å²) in [7, 11) is 0. The molecule has 0 aliphatic rings. The second kappa shape index (κ2) is 15.5. The van der Waals surface area contributed by atoms with Crippen LogP contribution in [0.5, 0.6) is 0 Å². The van der Waals surface area contributed by atoms with Gasteiger partial charge in [0, 0.05) is 19.6 Å². The zero-order valence-electron chi connectivity index (χ0n) is 18.0. The number of hydrogen-bond acceptors (Lipinski definition) is 6. The molecular formula is C21H42N6. The van der Waals surface area contributed by atoms with E-state index in [0.29, 0.717) is 11.9 Å². The molecule has 3 N–H and O–H groups in total. The van der Waals surface area contributed by atoms with Crippen LogP contribution in [-0.4, -0.2) is 34.6 Å². The summed E-state index contributed by atoms with van der Waals surface area (Å²) >= 11 is 0. The number of nitrogen functional groups attached to an aromatic ring is 1. The highest BCUT2D eigenvalue weighted by atomic mass is 15.3. The van der Waals surface area contributed by atoms with Gasteiger partial charge in [0.15, 0.2) is 0 Å². The third kappa shape index (κ3) is 11.0. The Morgan fingerprint density at radius 2 is 1.26 bits per heavy atom. The van der Waals surface area contributed by atoms with Crippen molar-refractivity contribution in [1.29, 1.82) is 0 Å². The SMILES string of the molecule is CCCCCCNc1nc(N)nc(N(CCCCCC)CCCCCC)n1. The number of unbranched alkanes of at least 4 members (excludes halogenated alkanes) is 9. The van der Waals surface area contributed by atoms with Crippen molar-refractivity contribution in [3.63, 3.8) is 0 Å². The van der Waals surface area contributed by atoms with E-state index < -0.39 is 0 Å². The Kier molecular flexibility index (Phi) is 13.4. The van der Waals surface area contributed by atoms with Gasteiger partial charge in [0.25, 0.3) is 0 Å². The third-order valence-electron chi connectivity index (χ3n) is 4.80. The fraction of sp³-hybridized carbons (Fsp3) is 0.857. The van der Waals surface area contributed by atoms with E-state index in [1.54, 1.807) is 0 Å². The van der Waals surface area contributed by atoms with E-state index in [1.165, 1.54) is 70.6 Å². The van der Waals surface area contributed by atoms with Gasteiger partial charge in [-0.3, -0.25) is 0 Å². The summed E-state index contributed by atoms with van der Waals surface area (Å²) in [5.41, 5.74) is 5.97. The Labute approximate surface area is 166 Å². The monoisotopic (exact) mass is 378 g/mol. The molecule has 0 aliphatic heterocycles. The Hall–Kier alpha value is -1.59. The topological polar surface area (TPSA) is 80.0 Å². The predicted octanol–water partition coefficient (Wildman–Crippen LogP) is 5.41. The van der Waals surface area contributed by atoms with Crippen molar-refractivity contribution in [2.45, 2.75) is 97.8 Å². The molecule has 0 amide bonds. The molecule has 156 valence electrons. The van der Waals surface area contributed by atoms with Gasteiger partial charge in [-0.25, -0.2) is 0 Å². The van der Waals surface area contributed by atoms with E-state index in [9.17, 15) is 0 Å². The van der Waals surface area contributed by atoms with E-state index in [-0.39, 0.29) is 0 Å². The van der Waals surface area contributed by atoms with Crippen LogP contribution < -0.4 is 16.0 Å². The smallest absolute Gasteiger partial charge is 0.231 e. The van der Waals surface area contributed by atoms with Crippen LogP contribution in [0.15, 0.2) is 0 Å². The first-order valence-electron chi connectivity index (χ1n) is 11.2. The molecule has 1 rings (SSSR count). The molecule has 0 aromatic carbocycles. The van der Waals surface area contributed by atoms with Gasteiger partial charge in [-0.05, 0) is 19.3 Å². The van der Waals surface area contributed by atoms with Gasteiger partial charge in [0.2, 0.25) is 17.8 Å². The van der Waals surface area contributed by atoms with Crippen LogP contribution in [0.3, 0.4) is 0 Å². The Morgan fingerprint density at radius 1 is 0.704 bits per heavy atom. The fourth-order valence-corrected chi connectivity index (χ4v) is 3.12. The van der Waals surface area contributed by atoms with Crippen LogP contribution in [0.4, 0.5) is 17.8 Å². The summed E-state index contributed by atoms with van der Waals surface area (Å²) < 4.78 is 0. The minimum atomic E-state index is 0.308. The lowest BCUT2D eigenvalue weighted by Gasteiger charge is -2.23. The quantitative estimate of drug-likeness (QED) is 0.353.